The molecule has 116 valence electrons. The Hall–Kier alpha value is -1.62. The van der Waals surface area contributed by atoms with Gasteiger partial charge in [-0.15, -0.1) is 0 Å². The van der Waals surface area contributed by atoms with Crippen molar-refractivity contribution in [1.82, 2.24) is 4.57 Å². The number of esters is 1. The molecule has 1 aromatic rings. The molecule has 1 aliphatic rings. The summed E-state index contributed by atoms with van der Waals surface area (Å²) >= 11 is 0. The van der Waals surface area contributed by atoms with Gasteiger partial charge in [0.15, 0.2) is 0 Å². The highest BCUT2D eigenvalue weighted by Gasteiger charge is 2.25. The first-order chi connectivity index (χ1) is 9.95. The first kappa shape index (κ1) is 15.8. The summed E-state index contributed by atoms with van der Waals surface area (Å²) in [4.78, 5) is 24.4. The van der Waals surface area contributed by atoms with Gasteiger partial charge in [0.05, 0.1) is 18.3 Å². The van der Waals surface area contributed by atoms with Crippen LogP contribution >= 0.6 is 0 Å². The lowest BCUT2D eigenvalue weighted by molar-refractivity contribution is 0.0522. The molecule has 0 amide bonds. The standard InChI is InChI=1S/C16H23NO4/c1-4-21-16(20)15-10(2)9-14(19)17(11(15)3)12-5-7-13(18)8-6-12/h9,12-13,18H,4-8H2,1-3H3. The van der Waals surface area contributed by atoms with E-state index in [1.165, 1.54) is 6.07 Å². The summed E-state index contributed by atoms with van der Waals surface area (Å²) in [6.45, 7) is 5.63. The van der Waals surface area contributed by atoms with Crippen molar-refractivity contribution in [1.29, 1.82) is 0 Å². The van der Waals surface area contributed by atoms with E-state index in [-0.39, 0.29) is 23.7 Å². The lowest BCUT2D eigenvalue weighted by Crippen LogP contribution is -2.32. The van der Waals surface area contributed by atoms with E-state index >= 15 is 0 Å². The number of aliphatic hydroxyl groups excluding tert-OH is 1. The number of aliphatic hydroxyl groups is 1. The van der Waals surface area contributed by atoms with Gasteiger partial charge in [-0.05, 0) is 52.0 Å². The van der Waals surface area contributed by atoms with E-state index in [9.17, 15) is 14.7 Å². The number of aryl methyl sites for hydroxylation is 1. The molecule has 0 spiro atoms. The number of carbonyl (C=O) groups is 1. The molecule has 0 aliphatic heterocycles. The highest BCUT2D eigenvalue weighted by atomic mass is 16.5. The minimum atomic E-state index is -0.378. The number of pyridine rings is 1. The van der Waals surface area contributed by atoms with Gasteiger partial charge < -0.3 is 14.4 Å². The number of nitrogens with zero attached hydrogens (tertiary/aromatic N) is 1. The Morgan fingerprint density at radius 2 is 1.95 bits per heavy atom. The molecular formula is C16H23NO4. The summed E-state index contributed by atoms with van der Waals surface area (Å²) < 4.78 is 6.79. The van der Waals surface area contributed by atoms with Gasteiger partial charge >= 0.3 is 5.97 Å². The van der Waals surface area contributed by atoms with Crippen molar-refractivity contribution in [3.63, 3.8) is 0 Å². The molecule has 1 N–H and O–H groups in total. The van der Waals surface area contributed by atoms with Crippen LogP contribution in [-0.4, -0.2) is 28.4 Å². The van der Waals surface area contributed by atoms with Crippen molar-refractivity contribution in [3.8, 4) is 0 Å². The van der Waals surface area contributed by atoms with Gasteiger partial charge in [0.25, 0.3) is 5.56 Å². The lowest BCUT2D eigenvalue weighted by Gasteiger charge is -2.29. The molecule has 0 bridgehead atoms. The zero-order valence-electron chi connectivity index (χ0n) is 12.9. The fraction of sp³-hybridized carbons (Fsp3) is 0.625. The molecule has 2 rings (SSSR count). The van der Waals surface area contributed by atoms with E-state index in [0.29, 0.717) is 36.3 Å². The molecule has 1 aromatic heterocycles. The van der Waals surface area contributed by atoms with Crippen LogP contribution < -0.4 is 5.56 Å². The van der Waals surface area contributed by atoms with Gasteiger partial charge in [0.2, 0.25) is 0 Å². The van der Waals surface area contributed by atoms with Crippen LogP contribution in [0, 0.1) is 13.8 Å². The fourth-order valence-electron chi connectivity index (χ4n) is 3.18. The molecule has 1 heterocycles. The Labute approximate surface area is 124 Å². The van der Waals surface area contributed by atoms with Crippen molar-refractivity contribution < 1.29 is 14.6 Å². The van der Waals surface area contributed by atoms with Crippen LogP contribution in [0.2, 0.25) is 0 Å². The van der Waals surface area contributed by atoms with Crippen molar-refractivity contribution in [3.05, 3.63) is 33.2 Å². The molecule has 1 aliphatic carbocycles. The Balaban J connectivity index is 2.44. The molecular weight excluding hydrogens is 270 g/mol. The van der Waals surface area contributed by atoms with Crippen LogP contribution in [-0.2, 0) is 4.74 Å². The zero-order valence-corrected chi connectivity index (χ0v) is 12.9. The number of aromatic nitrogens is 1. The molecule has 0 saturated heterocycles. The van der Waals surface area contributed by atoms with E-state index in [2.05, 4.69) is 0 Å². The van der Waals surface area contributed by atoms with E-state index in [1.54, 1.807) is 25.3 Å². The molecule has 5 heteroatoms. The third kappa shape index (κ3) is 3.18. The van der Waals surface area contributed by atoms with E-state index < -0.39 is 0 Å². The summed E-state index contributed by atoms with van der Waals surface area (Å²) in [5.41, 5.74) is 1.73. The Bertz CT molecular complexity index is 583. The Morgan fingerprint density at radius 3 is 2.52 bits per heavy atom. The average molecular weight is 293 g/mol. The maximum atomic E-state index is 12.3. The molecule has 5 nitrogen and oxygen atoms in total. The van der Waals surface area contributed by atoms with E-state index in [1.807, 2.05) is 0 Å². The monoisotopic (exact) mass is 293 g/mol. The molecule has 0 aromatic carbocycles. The maximum Gasteiger partial charge on any atom is 0.340 e. The number of hydrogen-bond donors (Lipinski definition) is 1. The predicted molar refractivity (Wildman–Crippen MR) is 79.6 cm³/mol. The first-order valence-corrected chi connectivity index (χ1v) is 7.53. The van der Waals surface area contributed by atoms with E-state index in [0.717, 1.165) is 12.8 Å². The Morgan fingerprint density at radius 1 is 1.33 bits per heavy atom. The van der Waals surface area contributed by atoms with Gasteiger partial charge in [-0.25, -0.2) is 4.79 Å². The molecule has 1 fully saturated rings. The van der Waals surface area contributed by atoms with Crippen molar-refractivity contribution in [2.75, 3.05) is 6.61 Å². The van der Waals surface area contributed by atoms with Crippen LogP contribution in [0.25, 0.3) is 0 Å². The minimum absolute atomic E-state index is 0.0506. The quantitative estimate of drug-likeness (QED) is 0.867. The molecule has 0 unspecified atom stereocenters. The molecule has 0 atom stereocenters. The van der Waals surface area contributed by atoms with E-state index in [4.69, 9.17) is 4.74 Å². The second kappa shape index (κ2) is 6.43. The van der Waals surface area contributed by atoms with Gasteiger partial charge in [-0.3, -0.25) is 4.79 Å². The zero-order chi connectivity index (χ0) is 15.6. The van der Waals surface area contributed by atoms with Crippen LogP contribution in [0.15, 0.2) is 10.9 Å². The van der Waals surface area contributed by atoms with Gasteiger partial charge in [-0.1, -0.05) is 0 Å². The normalized spacial score (nSPS) is 22.1. The largest absolute Gasteiger partial charge is 0.462 e. The van der Waals surface area contributed by atoms with Gasteiger partial charge in [0.1, 0.15) is 0 Å². The number of rotatable bonds is 3. The van der Waals surface area contributed by atoms with Crippen molar-refractivity contribution in [2.24, 2.45) is 0 Å². The number of ether oxygens (including phenoxy) is 1. The summed E-state index contributed by atoms with van der Waals surface area (Å²) in [6, 6.07) is 1.55. The third-order valence-electron chi connectivity index (χ3n) is 4.21. The van der Waals surface area contributed by atoms with Gasteiger partial charge in [-0.2, -0.15) is 0 Å². The first-order valence-electron chi connectivity index (χ1n) is 7.53. The maximum absolute atomic E-state index is 12.3. The van der Waals surface area contributed by atoms with Crippen LogP contribution in [0.3, 0.4) is 0 Å². The lowest BCUT2D eigenvalue weighted by atomic mass is 9.92. The van der Waals surface area contributed by atoms with Crippen LogP contribution in [0.4, 0.5) is 0 Å². The predicted octanol–water partition coefficient (Wildman–Crippen LogP) is 2.12. The summed E-state index contributed by atoms with van der Waals surface area (Å²) in [7, 11) is 0. The third-order valence-corrected chi connectivity index (χ3v) is 4.21. The summed E-state index contributed by atoms with van der Waals surface area (Å²) in [5, 5.41) is 9.61. The van der Waals surface area contributed by atoms with Crippen LogP contribution in [0.1, 0.15) is 60.3 Å². The second-order valence-electron chi connectivity index (χ2n) is 5.68. The molecule has 1 saturated carbocycles. The SMILES string of the molecule is CCOC(=O)c1c(C)cc(=O)n(C2CCC(O)CC2)c1C. The fourth-order valence-corrected chi connectivity index (χ4v) is 3.18. The Kier molecular flexibility index (Phi) is 4.83. The van der Waals surface area contributed by atoms with Crippen molar-refractivity contribution in [2.45, 2.75) is 58.6 Å². The highest BCUT2D eigenvalue weighted by molar-refractivity contribution is 5.92. The summed E-state index contributed by atoms with van der Waals surface area (Å²) in [5.74, 6) is -0.378. The highest BCUT2D eigenvalue weighted by Crippen LogP contribution is 2.29. The average Bonchev–Trinajstić information content (AvgIpc) is 2.40. The number of hydrogen-bond acceptors (Lipinski definition) is 4. The molecule has 21 heavy (non-hydrogen) atoms. The second-order valence-corrected chi connectivity index (χ2v) is 5.68. The topological polar surface area (TPSA) is 68.5 Å². The number of carbonyl (C=O) groups excluding carboxylic acids is 1. The van der Waals surface area contributed by atoms with Crippen molar-refractivity contribution >= 4 is 5.97 Å². The van der Waals surface area contributed by atoms with Crippen LogP contribution in [0.5, 0.6) is 0 Å². The smallest absolute Gasteiger partial charge is 0.340 e. The minimum Gasteiger partial charge on any atom is -0.462 e. The molecule has 0 radical (unpaired) electrons. The summed E-state index contributed by atoms with van der Waals surface area (Å²) in [6.07, 6.45) is 2.63. The van der Waals surface area contributed by atoms with Gasteiger partial charge in [0, 0.05) is 17.8 Å².